The van der Waals surface area contributed by atoms with Crippen LogP contribution in [0, 0.1) is 23.7 Å². The second kappa shape index (κ2) is 4.93. The molecule has 1 aromatic carbocycles. The van der Waals surface area contributed by atoms with Gasteiger partial charge in [-0.05, 0) is 49.4 Å². The zero-order valence-electron chi connectivity index (χ0n) is 13.5. The molecule has 5 rings (SSSR count). The molecule has 3 fully saturated rings. The minimum atomic E-state index is -0.158. The smallest absolute Gasteiger partial charge is 0.238 e. The summed E-state index contributed by atoms with van der Waals surface area (Å²) in [6, 6.07) is 7.21. The number of epoxide rings is 1. The number of amides is 2. The van der Waals surface area contributed by atoms with Crippen molar-refractivity contribution in [3.8, 4) is 5.75 Å². The normalized spacial score (nSPS) is 36.1. The van der Waals surface area contributed by atoms with Crippen LogP contribution in [0.4, 0.5) is 5.69 Å². The fraction of sp³-hybridized carbons (Fsp3) is 0.474. The number of ether oxygens (including phenoxy) is 2. The lowest BCUT2D eigenvalue weighted by Crippen LogP contribution is -2.32. The summed E-state index contributed by atoms with van der Waals surface area (Å²) < 4.78 is 10.7. The molecule has 1 aromatic rings. The lowest BCUT2D eigenvalue weighted by molar-refractivity contribution is -0.123. The molecule has 5 nitrogen and oxygen atoms in total. The topological polar surface area (TPSA) is 59.1 Å². The molecule has 0 radical (unpaired) electrons. The van der Waals surface area contributed by atoms with Crippen LogP contribution in [0.5, 0.6) is 5.75 Å². The third kappa shape index (κ3) is 1.97. The van der Waals surface area contributed by atoms with Crippen LogP contribution in [0.3, 0.4) is 0 Å². The second-order valence-corrected chi connectivity index (χ2v) is 7.24. The molecule has 5 unspecified atom stereocenters. The highest BCUT2D eigenvalue weighted by molar-refractivity contribution is 6.22. The first-order valence-electron chi connectivity index (χ1n) is 8.54. The molecule has 2 amide bonds. The summed E-state index contributed by atoms with van der Waals surface area (Å²) in [5.74, 6) is 0.826. The Morgan fingerprint density at radius 3 is 2.58 bits per heavy atom. The molecule has 124 valence electrons. The molecule has 0 aromatic heterocycles. The maximum absolute atomic E-state index is 12.9. The van der Waals surface area contributed by atoms with Crippen LogP contribution >= 0.6 is 0 Å². The number of carbonyl (C=O) groups excluding carboxylic acids is 2. The van der Waals surface area contributed by atoms with Gasteiger partial charge in [0.05, 0.1) is 24.1 Å². The van der Waals surface area contributed by atoms with E-state index in [0.29, 0.717) is 12.3 Å². The molecule has 24 heavy (non-hydrogen) atoms. The standard InChI is InChI=1S/C19H19NO4/c1-10-6-11-7-15(10)17-16(11)18(21)20(19(17)22)12-2-4-13(5-3-12)23-8-14-9-24-14/h2-6,11,14-17H,7-9H2,1H3. The molecule has 0 spiro atoms. The van der Waals surface area contributed by atoms with Crippen LogP contribution < -0.4 is 9.64 Å². The molecule has 2 aliphatic heterocycles. The quantitative estimate of drug-likeness (QED) is 0.484. The van der Waals surface area contributed by atoms with Crippen molar-refractivity contribution in [1.29, 1.82) is 0 Å². The number of imide groups is 1. The Morgan fingerprint density at radius 2 is 1.88 bits per heavy atom. The van der Waals surface area contributed by atoms with Gasteiger partial charge >= 0.3 is 0 Å². The molecule has 5 atom stereocenters. The Hall–Kier alpha value is -2.14. The van der Waals surface area contributed by atoms with E-state index >= 15 is 0 Å². The highest BCUT2D eigenvalue weighted by Crippen LogP contribution is 2.55. The monoisotopic (exact) mass is 325 g/mol. The number of rotatable bonds is 4. The molecule has 2 bridgehead atoms. The van der Waals surface area contributed by atoms with Gasteiger partial charge in [-0.1, -0.05) is 11.6 Å². The number of allylic oxidation sites excluding steroid dienone is 2. The minimum Gasteiger partial charge on any atom is -0.491 e. The van der Waals surface area contributed by atoms with Crippen LogP contribution in [0.15, 0.2) is 35.9 Å². The predicted molar refractivity (Wildman–Crippen MR) is 86.5 cm³/mol. The lowest BCUT2D eigenvalue weighted by Gasteiger charge is -2.19. The Bertz CT molecular complexity index is 749. The lowest BCUT2D eigenvalue weighted by atomic mass is 9.82. The summed E-state index contributed by atoms with van der Waals surface area (Å²) in [5, 5.41) is 0. The number of anilines is 1. The number of nitrogens with zero attached hydrogens (tertiary/aromatic N) is 1. The van der Waals surface area contributed by atoms with Gasteiger partial charge in [-0.25, -0.2) is 0 Å². The SMILES string of the molecule is CC1=CC2CC1C1C(=O)N(c3ccc(OCC4CO4)cc3)C(=O)C21. The van der Waals surface area contributed by atoms with Crippen LogP contribution in [0.2, 0.25) is 0 Å². The van der Waals surface area contributed by atoms with Crippen LogP contribution in [-0.2, 0) is 14.3 Å². The number of benzene rings is 1. The molecular weight excluding hydrogens is 306 g/mol. The summed E-state index contributed by atoms with van der Waals surface area (Å²) in [6.07, 6.45) is 3.36. The maximum Gasteiger partial charge on any atom is 0.238 e. The van der Waals surface area contributed by atoms with Gasteiger partial charge in [0, 0.05) is 0 Å². The van der Waals surface area contributed by atoms with E-state index < -0.39 is 0 Å². The van der Waals surface area contributed by atoms with Gasteiger partial charge in [0.2, 0.25) is 11.8 Å². The molecule has 5 heteroatoms. The highest BCUT2D eigenvalue weighted by atomic mass is 16.6. The van der Waals surface area contributed by atoms with Crippen molar-refractivity contribution in [1.82, 2.24) is 0 Å². The van der Waals surface area contributed by atoms with Gasteiger partial charge in [0.15, 0.2) is 0 Å². The molecule has 4 aliphatic rings. The van der Waals surface area contributed by atoms with E-state index in [-0.39, 0.29) is 41.6 Å². The maximum atomic E-state index is 12.9. The van der Waals surface area contributed by atoms with Gasteiger partial charge in [0.1, 0.15) is 18.5 Å². The van der Waals surface area contributed by atoms with E-state index in [9.17, 15) is 9.59 Å². The van der Waals surface area contributed by atoms with Crippen molar-refractivity contribution in [3.05, 3.63) is 35.9 Å². The van der Waals surface area contributed by atoms with Crippen molar-refractivity contribution in [2.45, 2.75) is 19.4 Å². The summed E-state index contributed by atoms with van der Waals surface area (Å²) >= 11 is 0. The molecule has 2 saturated heterocycles. The first-order valence-corrected chi connectivity index (χ1v) is 8.54. The van der Waals surface area contributed by atoms with E-state index in [2.05, 4.69) is 13.0 Å². The predicted octanol–water partition coefficient (Wildman–Crippen LogP) is 2.17. The average molecular weight is 325 g/mol. The zero-order valence-corrected chi connectivity index (χ0v) is 13.5. The summed E-state index contributed by atoms with van der Waals surface area (Å²) in [4.78, 5) is 27.1. The molecule has 2 aliphatic carbocycles. The molecule has 0 N–H and O–H groups in total. The minimum absolute atomic E-state index is 0.0370. The third-order valence-corrected chi connectivity index (χ3v) is 5.81. The van der Waals surface area contributed by atoms with Crippen molar-refractivity contribution >= 4 is 17.5 Å². The van der Waals surface area contributed by atoms with Gasteiger partial charge in [-0.2, -0.15) is 0 Å². The second-order valence-electron chi connectivity index (χ2n) is 7.24. The summed E-state index contributed by atoms with van der Waals surface area (Å²) in [7, 11) is 0. The Balaban J connectivity index is 1.37. The van der Waals surface area contributed by atoms with E-state index in [1.165, 1.54) is 10.5 Å². The fourth-order valence-electron chi connectivity index (χ4n) is 4.57. The Labute approximate surface area is 140 Å². The van der Waals surface area contributed by atoms with Gasteiger partial charge in [-0.15, -0.1) is 0 Å². The molecule has 2 heterocycles. The van der Waals surface area contributed by atoms with Crippen molar-refractivity contribution < 1.29 is 19.1 Å². The highest BCUT2D eigenvalue weighted by Gasteiger charge is 2.60. The Morgan fingerprint density at radius 1 is 1.17 bits per heavy atom. The van der Waals surface area contributed by atoms with E-state index in [1.807, 2.05) is 12.1 Å². The van der Waals surface area contributed by atoms with Crippen LogP contribution in [0.25, 0.3) is 0 Å². The average Bonchev–Trinajstić information content (AvgIpc) is 3.15. The van der Waals surface area contributed by atoms with Crippen LogP contribution in [-0.4, -0.2) is 31.1 Å². The number of hydrogen-bond donors (Lipinski definition) is 0. The number of hydrogen-bond acceptors (Lipinski definition) is 4. The number of fused-ring (bicyclic) bond motifs is 5. The largest absolute Gasteiger partial charge is 0.491 e. The van der Waals surface area contributed by atoms with Crippen molar-refractivity contribution in [2.24, 2.45) is 23.7 Å². The van der Waals surface area contributed by atoms with Gasteiger partial charge in [-0.3, -0.25) is 14.5 Å². The van der Waals surface area contributed by atoms with E-state index in [0.717, 1.165) is 18.8 Å². The first kappa shape index (κ1) is 14.2. The summed E-state index contributed by atoms with van der Waals surface area (Å²) in [5.41, 5.74) is 1.92. The molecule has 1 saturated carbocycles. The third-order valence-electron chi connectivity index (χ3n) is 5.81. The van der Waals surface area contributed by atoms with Crippen LogP contribution in [0.1, 0.15) is 13.3 Å². The molecular formula is C19H19NO4. The van der Waals surface area contributed by atoms with Crippen molar-refractivity contribution in [3.63, 3.8) is 0 Å². The van der Waals surface area contributed by atoms with Gasteiger partial charge < -0.3 is 9.47 Å². The zero-order chi connectivity index (χ0) is 16.4. The van der Waals surface area contributed by atoms with E-state index in [1.54, 1.807) is 12.1 Å². The summed E-state index contributed by atoms with van der Waals surface area (Å²) in [6.45, 7) is 3.38. The first-order chi connectivity index (χ1) is 11.6. The fourth-order valence-corrected chi connectivity index (χ4v) is 4.57. The number of carbonyl (C=O) groups is 2. The Kier molecular flexibility index (Phi) is 2.92. The van der Waals surface area contributed by atoms with E-state index in [4.69, 9.17) is 9.47 Å². The van der Waals surface area contributed by atoms with Crippen molar-refractivity contribution in [2.75, 3.05) is 18.1 Å². The van der Waals surface area contributed by atoms with Gasteiger partial charge in [0.25, 0.3) is 0 Å².